The summed E-state index contributed by atoms with van der Waals surface area (Å²) in [5.41, 5.74) is 1.12. The van der Waals surface area contributed by atoms with E-state index in [1.807, 2.05) is 13.8 Å². The maximum Gasteiger partial charge on any atom is 0.243 e. The smallest absolute Gasteiger partial charge is 0.243 e. The fraction of sp³-hybridized carbons (Fsp3) is 0.364. The van der Waals surface area contributed by atoms with E-state index in [1.54, 1.807) is 41.3 Å². The molecule has 0 bridgehead atoms. The molecule has 1 saturated heterocycles. The lowest BCUT2D eigenvalue weighted by atomic mass is 9.97. The van der Waals surface area contributed by atoms with E-state index in [2.05, 4.69) is 6.07 Å². The van der Waals surface area contributed by atoms with E-state index in [9.17, 15) is 18.5 Å². The number of halogens is 1. The molecule has 3 rings (SSSR count). The Bertz CT molecular complexity index is 1060. The highest BCUT2D eigenvalue weighted by Gasteiger charge is 2.36. The van der Waals surface area contributed by atoms with Crippen molar-refractivity contribution in [2.75, 3.05) is 18.0 Å². The van der Waals surface area contributed by atoms with Crippen molar-refractivity contribution in [3.8, 4) is 6.07 Å². The highest BCUT2D eigenvalue weighted by atomic mass is 35.5. The van der Waals surface area contributed by atoms with Crippen molar-refractivity contribution in [2.45, 2.75) is 37.6 Å². The third-order valence-electron chi connectivity index (χ3n) is 5.19. The number of hydrogen-bond acceptors (Lipinski definition) is 4. The highest BCUT2D eigenvalue weighted by molar-refractivity contribution is 7.89. The van der Waals surface area contributed by atoms with E-state index >= 15 is 0 Å². The number of piperidine rings is 1. The van der Waals surface area contributed by atoms with Crippen LogP contribution >= 0.6 is 11.6 Å². The van der Waals surface area contributed by atoms with Gasteiger partial charge in [0.1, 0.15) is 0 Å². The van der Waals surface area contributed by atoms with Gasteiger partial charge in [0.05, 0.1) is 22.4 Å². The van der Waals surface area contributed by atoms with Gasteiger partial charge in [-0.2, -0.15) is 9.57 Å². The Morgan fingerprint density at radius 1 is 1.23 bits per heavy atom. The van der Waals surface area contributed by atoms with E-state index in [0.717, 1.165) is 0 Å². The number of sulfonamides is 1. The number of nitriles is 1. The predicted molar refractivity (Wildman–Crippen MR) is 117 cm³/mol. The first-order valence-corrected chi connectivity index (χ1v) is 11.6. The highest BCUT2D eigenvalue weighted by Crippen LogP contribution is 2.28. The van der Waals surface area contributed by atoms with Crippen molar-refractivity contribution >= 4 is 33.2 Å². The minimum Gasteiger partial charge on any atom is -0.310 e. The van der Waals surface area contributed by atoms with Gasteiger partial charge in [0.15, 0.2) is 0 Å². The normalized spacial score (nSPS) is 17.5. The predicted octanol–water partition coefficient (Wildman–Crippen LogP) is 4.05. The maximum atomic E-state index is 13.4. The van der Waals surface area contributed by atoms with Crippen molar-refractivity contribution in [3.63, 3.8) is 0 Å². The second kappa shape index (κ2) is 9.17. The van der Waals surface area contributed by atoms with Crippen LogP contribution in [0.5, 0.6) is 0 Å². The average molecular weight is 446 g/mol. The molecule has 0 aromatic heterocycles. The quantitative estimate of drug-likeness (QED) is 0.695. The van der Waals surface area contributed by atoms with Crippen LogP contribution in [0, 0.1) is 17.2 Å². The Labute approximate surface area is 182 Å². The largest absolute Gasteiger partial charge is 0.310 e. The summed E-state index contributed by atoms with van der Waals surface area (Å²) in [4.78, 5) is 15.2. The summed E-state index contributed by atoms with van der Waals surface area (Å²) in [7, 11) is -3.71. The molecule has 1 unspecified atom stereocenters. The lowest BCUT2D eigenvalue weighted by Crippen LogP contribution is -2.48. The summed E-state index contributed by atoms with van der Waals surface area (Å²) >= 11 is 5.88. The van der Waals surface area contributed by atoms with Crippen molar-refractivity contribution in [2.24, 2.45) is 5.92 Å². The van der Waals surface area contributed by atoms with Gasteiger partial charge in [0, 0.05) is 29.8 Å². The first-order valence-electron chi connectivity index (χ1n) is 9.83. The fourth-order valence-electron chi connectivity index (χ4n) is 3.72. The van der Waals surface area contributed by atoms with Gasteiger partial charge >= 0.3 is 0 Å². The van der Waals surface area contributed by atoms with Crippen LogP contribution in [0.2, 0.25) is 5.02 Å². The van der Waals surface area contributed by atoms with Crippen LogP contribution in [0.15, 0.2) is 53.4 Å². The molecule has 8 heteroatoms. The van der Waals surface area contributed by atoms with E-state index in [4.69, 9.17) is 11.6 Å². The number of benzene rings is 2. The SMILES string of the molecule is CC(C)N(C(=O)C1CCCN(S(=O)(=O)c2ccc(Cl)cc2)C1)c1cccc(C#N)c1. The maximum absolute atomic E-state index is 13.4. The third kappa shape index (κ3) is 4.67. The molecule has 0 aliphatic carbocycles. The van der Waals surface area contributed by atoms with Gasteiger partial charge < -0.3 is 4.90 Å². The molecule has 1 atom stereocenters. The number of amides is 1. The molecule has 158 valence electrons. The molecular formula is C22H24ClN3O3S. The van der Waals surface area contributed by atoms with Gasteiger partial charge in [-0.3, -0.25) is 4.79 Å². The minimum atomic E-state index is -3.71. The Kier molecular flexibility index (Phi) is 6.81. The van der Waals surface area contributed by atoms with Crippen LogP contribution < -0.4 is 4.90 Å². The van der Waals surface area contributed by atoms with Crippen LogP contribution in [0.4, 0.5) is 5.69 Å². The molecular weight excluding hydrogens is 422 g/mol. The molecule has 1 aliphatic heterocycles. The van der Waals surface area contributed by atoms with Crippen molar-refractivity contribution in [1.29, 1.82) is 5.26 Å². The zero-order valence-electron chi connectivity index (χ0n) is 17.0. The molecule has 1 amide bonds. The zero-order chi connectivity index (χ0) is 21.9. The zero-order valence-corrected chi connectivity index (χ0v) is 18.5. The second-order valence-electron chi connectivity index (χ2n) is 7.62. The molecule has 0 radical (unpaired) electrons. The first-order chi connectivity index (χ1) is 14.2. The van der Waals surface area contributed by atoms with Gasteiger partial charge in [0.2, 0.25) is 15.9 Å². The Morgan fingerprint density at radius 3 is 2.57 bits per heavy atom. The number of rotatable bonds is 5. The van der Waals surface area contributed by atoms with Crippen molar-refractivity contribution < 1.29 is 13.2 Å². The second-order valence-corrected chi connectivity index (χ2v) is 9.99. The van der Waals surface area contributed by atoms with Gasteiger partial charge in [-0.1, -0.05) is 17.7 Å². The standard InChI is InChI=1S/C22H24ClN3O3S/c1-16(2)26(20-7-3-5-17(13-20)14-24)22(27)18-6-4-12-25(15-18)30(28,29)21-10-8-19(23)9-11-21/h3,5,7-11,13,16,18H,4,6,12,15H2,1-2H3. The molecule has 30 heavy (non-hydrogen) atoms. The molecule has 1 aliphatic rings. The van der Waals surface area contributed by atoms with E-state index in [0.29, 0.717) is 35.7 Å². The van der Waals surface area contributed by atoms with E-state index in [-0.39, 0.29) is 23.4 Å². The van der Waals surface area contributed by atoms with Crippen LogP contribution in [0.1, 0.15) is 32.3 Å². The van der Waals surface area contributed by atoms with Gasteiger partial charge in [-0.25, -0.2) is 8.42 Å². The third-order valence-corrected chi connectivity index (χ3v) is 7.32. The number of nitrogens with zero attached hydrogens (tertiary/aromatic N) is 3. The summed E-state index contributed by atoms with van der Waals surface area (Å²) in [6.45, 7) is 4.31. The summed E-state index contributed by atoms with van der Waals surface area (Å²) in [5, 5.41) is 9.65. The summed E-state index contributed by atoms with van der Waals surface area (Å²) in [6, 6.07) is 14.9. The number of hydrogen-bond donors (Lipinski definition) is 0. The van der Waals surface area contributed by atoms with Crippen LogP contribution in [-0.2, 0) is 14.8 Å². The van der Waals surface area contributed by atoms with E-state index in [1.165, 1.54) is 16.4 Å². The fourth-order valence-corrected chi connectivity index (χ4v) is 5.37. The molecule has 1 heterocycles. The Balaban J connectivity index is 1.85. The Morgan fingerprint density at radius 2 is 1.93 bits per heavy atom. The molecule has 1 fully saturated rings. The van der Waals surface area contributed by atoms with E-state index < -0.39 is 15.9 Å². The average Bonchev–Trinajstić information content (AvgIpc) is 2.74. The lowest BCUT2D eigenvalue weighted by Gasteiger charge is -2.36. The molecule has 2 aromatic carbocycles. The Hall–Kier alpha value is -2.40. The van der Waals surface area contributed by atoms with Crippen LogP contribution in [0.3, 0.4) is 0 Å². The molecule has 0 N–H and O–H groups in total. The first kappa shape index (κ1) is 22.3. The molecule has 0 spiro atoms. The van der Waals surface area contributed by atoms with Crippen molar-refractivity contribution in [1.82, 2.24) is 4.31 Å². The van der Waals surface area contributed by atoms with Gasteiger partial charge in [-0.15, -0.1) is 0 Å². The summed E-state index contributed by atoms with van der Waals surface area (Å²) < 4.78 is 27.5. The molecule has 0 saturated carbocycles. The summed E-state index contributed by atoms with van der Waals surface area (Å²) in [5.74, 6) is -0.579. The summed E-state index contributed by atoms with van der Waals surface area (Å²) in [6.07, 6.45) is 1.22. The minimum absolute atomic E-state index is 0.129. The van der Waals surface area contributed by atoms with Crippen LogP contribution in [0.25, 0.3) is 0 Å². The molecule has 6 nitrogen and oxygen atoms in total. The number of carbonyl (C=O) groups excluding carboxylic acids is 1. The molecule has 2 aromatic rings. The lowest BCUT2D eigenvalue weighted by molar-refractivity contribution is -0.123. The number of carbonyl (C=O) groups is 1. The van der Waals surface area contributed by atoms with Crippen molar-refractivity contribution in [3.05, 3.63) is 59.1 Å². The van der Waals surface area contributed by atoms with Crippen LogP contribution in [-0.4, -0.2) is 37.8 Å². The number of anilines is 1. The van der Waals surface area contributed by atoms with Gasteiger partial charge in [0.25, 0.3) is 0 Å². The van der Waals surface area contributed by atoms with Gasteiger partial charge in [-0.05, 0) is 69.2 Å². The topological polar surface area (TPSA) is 81.5 Å². The monoisotopic (exact) mass is 445 g/mol.